The molecule has 0 aliphatic carbocycles. The van der Waals surface area contributed by atoms with Gasteiger partial charge in [-0.25, -0.2) is 4.98 Å². The van der Waals surface area contributed by atoms with Crippen LogP contribution in [0.4, 0.5) is 0 Å². The Balaban J connectivity index is 0.000000769. The normalized spacial score (nSPS) is 16.0. The molecule has 5 N–H and O–H groups in total. The number of likely N-dealkylation sites (tertiary alicyclic amines) is 1. The first kappa shape index (κ1) is 31.9. The molecule has 0 spiro atoms. The van der Waals surface area contributed by atoms with Crippen LogP contribution in [0.25, 0.3) is 10.4 Å². The minimum atomic E-state index is -0.331. The monoisotopic (exact) mass is 491 g/mol. The van der Waals surface area contributed by atoms with Gasteiger partial charge in [0.05, 0.1) is 28.2 Å². The molecule has 2 atom stereocenters. The van der Waals surface area contributed by atoms with Crippen molar-refractivity contribution in [1.29, 1.82) is 0 Å². The molecule has 0 radical (unpaired) electrons. The summed E-state index contributed by atoms with van der Waals surface area (Å²) in [6, 6.07) is 8.06. The smallest absolute Gasteiger partial charge is 0.237 e. The van der Waals surface area contributed by atoms with Crippen LogP contribution in [0.15, 0.2) is 29.8 Å². The topological polar surface area (TPSA) is 114 Å². The number of nitrogens with two attached hydrogens (primary N) is 2. The number of thiazole rings is 1. The molecule has 2 aromatic rings. The molecule has 2 unspecified atom stereocenters. The van der Waals surface area contributed by atoms with Gasteiger partial charge in [0.25, 0.3) is 0 Å². The molecule has 1 aliphatic rings. The number of likely N-dealkylation sites (N-methyl/N-ethyl adjacent to an activating group) is 1. The first-order valence-corrected chi connectivity index (χ1v) is 12.8. The zero-order valence-electron chi connectivity index (χ0n) is 22.2. The maximum absolute atomic E-state index is 12.2. The highest BCUT2D eigenvalue weighted by atomic mass is 32.1. The molecule has 1 aromatic heterocycles. The van der Waals surface area contributed by atoms with E-state index < -0.39 is 0 Å². The van der Waals surface area contributed by atoms with E-state index in [0.29, 0.717) is 6.54 Å². The summed E-state index contributed by atoms with van der Waals surface area (Å²) in [5.74, 6) is 0.141. The average molecular weight is 492 g/mol. The lowest BCUT2D eigenvalue weighted by atomic mass is 9.89. The lowest BCUT2D eigenvalue weighted by Crippen LogP contribution is -2.41. The predicted molar refractivity (Wildman–Crippen MR) is 145 cm³/mol. The van der Waals surface area contributed by atoms with Crippen LogP contribution in [0.5, 0.6) is 0 Å². The van der Waals surface area contributed by atoms with Gasteiger partial charge in [-0.3, -0.25) is 9.69 Å². The molecule has 1 saturated heterocycles. The molecule has 7 nitrogen and oxygen atoms in total. The first-order valence-electron chi connectivity index (χ1n) is 11.9. The second-order valence-electron chi connectivity index (χ2n) is 8.85. The molecule has 1 amide bonds. The Hall–Kier alpha value is -2.13. The second-order valence-corrected chi connectivity index (χ2v) is 9.70. The third-order valence-electron chi connectivity index (χ3n) is 5.40. The molecular weight excluding hydrogens is 446 g/mol. The second kappa shape index (κ2) is 16.5. The third kappa shape index (κ3) is 10.4. The lowest BCUT2D eigenvalue weighted by Gasteiger charge is -2.20. The molecule has 34 heavy (non-hydrogen) atoms. The lowest BCUT2D eigenvalue weighted by molar-refractivity contribution is -0.125. The van der Waals surface area contributed by atoms with Crippen LogP contribution in [0.3, 0.4) is 0 Å². The molecule has 8 heteroatoms. The number of amides is 1. The van der Waals surface area contributed by atoms with Crippen molar-refractivity contribution in [3.8, 4) is 10.4 Å². The fourth-order valence-electron chi connectivity index (χ4n) is 3.11. The summed E-state index contributed by atoms with van der Waals surface area (Å²) in [5.41, 5.74) is 15.0. The zero-order valence-corrected chi connectivity index (χ0v) is 23.0. The number of aryl methyl sites for hydroxylation is 1. The Morgan fingerprint density at radius 2 is 1.85 bits per heavy atom. The standard InChI is InChI=1S/C17H21N3OS.C6H13NO.C2H6.CH5N/c1-12-16(22-11-19-12)14-7-5-13(6-8-14)10-18-17(21)15-4-3-9-20(15)2;1-6(2,3)5(7)4-8;2*1-2/h5-8,11,15H,3-4,9-10H2,1-2H3,(H,18,21);4-5H,7H2,1-3H3;1-2H3;2H2,1H3. The maximum Gasteiger partial charge on any atom is 0.237 e. The van der Waals surface area contributed by atoms with E-state index in [-0.39, 0.29) is 23.4 Å². The summed E-state index contributed by atoms with van der Waals surface area (Å²) < 4.78 is 0. The van der Waals surface area contributed by atoms with Gasteiger partial charge in [0.15, 0.2) is 0 Å². The highest BCUT2D eigenvalue weighted by Gasteiger charge is 2.27. The van der Waals surface area contributed by atoms with Gasteiger partial charge >= 0.3 is 0 Å². The SMILES string of the molecule is CC.CC(C)(C)C(N)C=O.CN.Cc1ncsc1-c1ccc(CNC(=O)C2CCCN2C)cc1. The summed E-state index contributed by atoms with van der Waals surface area (Å²) in [7, 11) is 3.52. The van der Waals surface area contributed by atoms with Crippen LogP contribution in [-0.2, 0) is 16.1 Å². The number of hydrogen-bond acceptors (Lipinski definition) is 7. The third-order valence-corrected chi connectivity index (χ3v) is 6.38. The highest BCUT2D eigenvalue weighted by molar-refractivity contribution is 7.13. The van der Waals surface area contributed by atoms with Crippen LogP contribution < -0.4 is 16.8 Å². The summed E-state index contributed by atoms with van der Waals surface area (Å²) in [6.45, 7) is 13.4. The summed E-state index contributed by atoms with van der Waals surface area (Å²) >= 11 is 1.66. The van der Waals surface area contributed by atoms with E-state index in [9.17, 15) is 9.59 Å². The minimum Gasteiger partial charge on any atom is -0.351 e. The highest BCUT2D eigenvalue weighted by Crippen LogP contribution is 2.27. The number of benzene rings is 1. The minimum absolute atomic E-state index is 0.0408. The van der Waals surface area contributed by atoms with E-state index in [1.54, 1.807) is 11.3 Å². The fourth-order valence-corrected chi connectivity index (χ4v) is 3.92. The van der Waals surface area contributed by atoms with Crippen LogP contribution >= 0.6 is 11.3 Å². The van der Waals surface area contributed by atoms with Crippen LogP contribution in [0, 0.1) is 12.3 Å². The Labute approximate surface area is 210 Å². The van der Waals surface area contributed by atoms with Crippen molar-refractivity contribution in [3.05, 3.63) is 41.0 Å². The first-order chi connectivity index (χ1) is 16.1. The van der Waals surface area contributed by atoms with Crippen molar-refractivity contribution in [2.24, 2.45) is 16.9 Å². The number of nitrogens with zero attached hydrogens (tertiary/aromatic N) is 2. The van der Waals surface area contributed by atoms with E-state index in [4.69, 9.17) is 5.73 Å². The molecule has 1 aromatic carbocycles. The van der Waals surface area contributed by atoms with Gasteiger partial charge in [-0.05, 0) is 56.9 Å². The van der Waals surface area contributed by atoms with Gasteiger partial charge in [0.2, 0.25) is 5.91 Å². The number of carbonyl (C=O) groups is 2. The van der Waals surface area contributed by atoms with E-state index >= 15 is 0 Å². The van der Waals surface area contributed by atoms with Crippen molar-refractivity contribution < 1.29 is 9.59 Å². The number of carbonyl (C=O) groups excluding carboxylic acids is 2. The summed E-state index contributed by atoms with van der Waals surface area (Å²) in [6.07, 6.45) is 2.85. The zero-order chi connectivity index (χ0) is 26.3. The largest absolute Gasteiger partial charge is 0.351 e. The molecular formula is C26H45N5O2S. The fraction of sp³-hybridized carbons (Fsp3) is 0.577. The molecule has 2 heterocycles. The molecule has 1 fully saturated rings. The maximum atomic E-state index is 12.2. The van der Waals surface area contributed by atoms with Crippen LogP contribution in [0.1, 0.15) is 58.7 Å². The van der Waals surface area contributed by atoms with Crippen molar-refractivity contribution in [2.45, 2.75) is 73.0 Å². The summed E-state index contributed by atoms with van der Waals surface area (Å²) in [5, 5.41) is 3.05. The Morgan fingerprint density at radius 3 is 2.24 bits per heavy atom. The molecule has 3 rings (SSSR count). The Morgan fingerprint density at radius 1 is 1.26 bits per heavy atom. The summed E-state index contributed by atoms with van der Waals surface area (Å²) in [4.78, 5) is 29.8. The number of rotatable bonds is 5. The van der Waals surface area contributed by atoms with Crippen molar-refractivity contribution in [1.82, 2.24) is 15.2 Å². The van der Waals surface area contributed by atoms with Gasteiger partial charge in [-0.15, -0.1) is 11.3 Å². The number of aromatic nitrogens is 1. The van der Waals surface area contributed by atoms with E-state index in [1.165, 1.54) is 17.5 Å². The van der Waals surface area contributed by atoms with Gasteiger partial charge in [0.1, 0.15) is 6.29 Å². The van der Waals surface area contributed by atoms with Crippen LogP contribution in [-0.4, -0.2) is 54.8 Å². The Bertz CT molecular complexity index is 830. The molecule has 0 bridgehead atoms. The molecule has 192 valence electrons. The van der Waals surface area contributed by atoms with Gasteiger partial charge in [0, 0.05) is 6.54 Å². The number of aldehydes is 1. The van der Waals surface area contributed by atoms with Crippen molar-refractivity contribution >= 4 is 23.5 Å². The van der Waals surface area contributed by atoms with Crippen molar-refractivity contribution in [3.63, 3.8) is 0 Å². The number of hydrogen-bond donors (Lipinski definition) is 3. The van der Waals surface area contributed by atoms with Gasteiger partial charge in [-0.2, -0.15) is 0 Å². The molecule has 0 saturated carbocycles. The van der Waals surface area contributed by atoms with Gasteiger partial charge < -0.3 is 21.6 Å². The van der Waals surface area contributed by atoms with E-state index in [1.807, 2.05) is 54.1 Å². The quantitative estimate of drug-likeness (QED) is 0.545. The van der Waals surface area contributed by atoms with Gasteiger partial charge in [-0.1, -0.05) is 58.9 Å². The van der Waals surface area contributed by atoms with E-state index in [2.05, 4.69) is 45.2 Å². The average Bonchev–Trinajstić information content (AvgIpc) is 3.47. The van der Waals surface area contributed by atoms with Crippen molar-refractivity contribution in [2.75, 3.05) is 20.6 Å². The number of nitrogens with one attached hydrogen (secondary N) is 1. The predicted octanol–water partition coefficient (Wildman–Crippen LogP) is 3.99. The van der Waals surface area contributed by atoms with Crippen LogP contribution in [0.2, 0.25) is 0 Å². The van der Waals surface area contributed by atoms with E-state index in [0.717, 1.165) is 36.9 Å². The molecule has 1 aliphatic heterocycles. The Kier molecular flexibility index (Phi) is 15.5.